The molecule has 1 aliphatic carbocycles. The molecule has 3 rings (SSSR count). The van der Waals surface area contributed by atoms with Crippen LogP contribution in [-0.2, 0) is 6.54 Å². The van der Waals surface area contributed by atoms with Gasteiger partial charge < -0.3 is 4.90 Å². The van der Waals surface area contributed by atoms with Crippen molar-refractivity contribution in [2.75, 3.05) is 19.6 Å². The summed E-state index contributed by atoms with van der Waals surface area (Å²) < 4.78 is 1.81. The summed E-state index contributed by atoms with van der Waals surface area (Å²) in [7, 11) is 0. The third-order valence-electron chi connectivity index (χ3n) is 4.68. The Hall–Kier alpha value is -1.16. The summed E-state index contributed by atoms with van der Waals surface area (Å²) in [6.07, 6.45) is 6.57. The minimum absolute atomic E-state index is 0.136. The minimum atomic E-state index is 0.136. The molecule has 2 aliphatic rings. The second-order valence-electron chi connectivity index (χ2n) is 7.22. The lowest BCUT2D eigenvalue weighted by Crippen LogP contribution is -2.38. The Morgan fingerprint density at radius 2 is 1.95 bits per heavy atom. The van der Waals surface area contributed by atoms with E-state index in [4.69, 9.17) is 0 Å². The van der Waals surface area contributed by atoms with Gasteiger partial charge in [0.05, 0.1) is 12.0 Å². The number of hydrogen-bond acceptors (Lipinski definition) is 3. The van der Waals surface area contributed by atoms with Gasteiger partial charge in [-0.05, 0) is 50.6 Å². The number of aromatic nitrogens is 2. The molecule has 0 aromatic carbocycles. The summed E-state index contributed by atoms with van der Waals surface area (Å²) in [5, 5.41) is 0. The van der Waals surface area contributed by atoms with Crippen molar-refractivity contribution in [3.63, 3.8) is 0 Å². The van der Waals surface area contributed by atoms with Gasteiger partial charge in [-0.2, -0.15) is 0 Å². The van der Waals surface area contributed by atoms with Gasteiger partial charge >= 0.3 is 0 Å². The zero-order valence-corrected chi connectivity index (χ0v) is 13.3. The van der Waals surface area contributed by atoms with E-state index in [1.807, 2.05) is 4.57 Å². The highest BCUT2D eigenvalue weighted by molar-refractivity contribution is 5.12. The molecule has 21 heavy (non-hydrogen) atoms. The van der Waals surface area contributed by atoms with Gasteiger partial charge in [0, 0.05) is 25.1 Å². The predicted octanol–water partition coefficient (Wildman–Crippen LogP) is 2.49. The van der Waals surface area contributed by atoms with Crippen LogP contribution in [0, 0.1) is 11.8 Å². The van der Waals surface area contributed by atoms with Crippen LogP contribution in [0.4, 0.5) is 0 Å². The lowest BCUT2D eigenvalue weighted by atomic mass is 9.96. The molecule has 1 saturated heterocycles. The maximum absolute atomic E-state index is 12.2. The number of rotatable bonds is 5. The second kappa shape index (κ2) is 6.30. The number of likely N-dealkylation sites (tertiary alicyclic amines) is 1. The van der Waals surface area contributed by atoms with Gasteiger partial charge in [0.25, 0.3) is 5.56 Å². The van der Waals surface area contributed by atoms with Crippen molar-refractivity contribution in [1.82, 2.24) is 14.5 Å². The molecule has 0 radical (unpaired) electrons. The average molecular weight is 289 g/mol. The van der Waals surface area contributed by atoms with Crippen molar-refractivity contribution < 1.29 is 0 Å². The number of piperidine rings is 1. The van der Waals surface area contributed by atoms with Crippen LogP contribution in [0.15, 0.2) is 17.2 Å². The van der Waals surface area contributed by atoms with Gasteiger partial charge in [-0.25, -0.2) is 4.98 Å². The van der Waals surface area contributed by atoms with Gasteiger partial charge in [0.2, 0.25) is 0 Å². The summed E-state index contributed by atoms with van der Waals surface area (Å²) in [5.41, 5.74) is 1.14. The third kappa shape index (κ3) is 3.94. The highest BCUT2D eigenvalue weighted by Crippen LogP contribution is 2.38. The molecule has 2 heterocycles. The molecule has 116 valence electrons. The fourth-order valence-corrected chi connectivity index (χ4v) is 3.33. The van der Waals surface area contributed by atoms with Crippen molar-refractivity contribution in [3.05, 3.63) is 28.4 Å². The normalized spacial score (nSPS) is 21.1. The van der Waals surface area contributed by atoms with E-state index >= 15 is 0 Å². The Bertz CT molecular complexity index is 525. The summed E-state index contributed by atoms with van der Waals surface area (Å²) in [6, 6.07) is 1.76. The Kier molecular flexibility index (Phi) is 4.43. The Morgan fingerprint density at radius 1 is 1.24 bits per heavy atom. The quantitative estimate of drug-likeness (QED) is 0.836. The summed E-state index contributed by atoms with van der Waals surface area (Å²) >= 11 is 0. The molecule has 1 saturated carbocycles. The van der Waals surface area contributed by atoms with Crippen LogP contribution in [0.3, 0.4) is 0 Å². The Labute approximate surface area is 127 Å². The predicted molar refractivity (Wildman–Crippen MR) is 84.5 cm³/mol. The average Bonchev–Trinajstić information content (AvgIpc) is 3.27. The molecule has 0 spiro atoms. The van der Waals surface area contributed by atoms with E-state index in [1.165, 1.54) is 45.3 Å². The number of hydrogen-bond donors (Lipinski definition) is 0. The molecule has 0 bridgehead atoms. The van der Waals surface area contributed by atoms with E-state index in [0.717, 1.165) is 18.2 Å². The first-order valence-corrected chi connectivity index (χ1v) is 8.40. The molecular weight excluding hydrogens is 262 g/mol. The van der Waals surface area contributed by atoms with Crippen molar-refractivity contribution in [2.24, 2.45) is 11.8 Å². The van der Waals surface area contributed by atoms with Gasteiger partial charge in [0.1, 0.15) is 0 Å². The van der Waals surface area contributed by atoms with Crippen LogP contribution < -0.4 is 5.56 Å². The Morgan fingerprint density at radius 3 is 2.52 bits per heavy atom. The summed E-state index contributed by atoms with van der Waals surface area (Å²) in [6.45, 7) is 8.93. The monoisotopic (exact) mass is 289 g/mol. The Balaban J connectivity index is 1.54. The first kappa shape index (κ1) is 14.8. The lowest BCUT2D eigenvalue weighted by molar-refractivity contribution is 0.158. The highest BCUT2D eigenvalue weighted by Gasteiger charge is 2.26. The van der Waals surface area contributed by atoms with Gasteiger partial charge in [-0.3, -0.25) is 9.36 Å². The van der Waals surface area contributed by atoms with Crippen molar-refractivity contribution in [2.45, 2.75) is 52.0 Å². The first-order chi connectivity index (χ1) is 10.1. The third-order valence-corrected chi connectivity index (χ3v) is 4.68. The van der Waals surface area contributed by atoms with E-state index in [0.29, 0.717) is 11.8 Å². The van der Waals surface area contributed by atoms with E-state index in [1.54, 1.807) is 12.4 Å². The molecule has 1 aliphatic heterocycles. The lowest BCUT2D eigenvalue weighted by Gasteiger charge is -2.33. The van der Waals surface area contributed by atoms with Gasteiger partial charge in [0.15, 0.2) is 0 Å². The van der Waals surface area contributed by atoms with Crippen molar-refractivity contribution in [3.8, 4) is 0 Å². The topological polar surface area (TPSA) is 38.1 Å². The maximum Gasteiger partial charge on any atom is 0.253 e. The molecule has 1 aromatic heterocycles. The fraction of sp³-hybridized carbons (Fsp3) is 0.765. The maximum atomic E-state index is 12.2. The summed E-state index contributed by atoms with van der Waals surface area (Å²) in [5.74, 6) is 1.93. The molecule has 2 fully saturated rings. The van der Waals surface area contributed by atoms with Gasteiger partial charge in [-0.1, -0.05) is 13.8 Å². The number of nitrogens with zero attached hydrogens (tertiary/aromatic N) is 3. The largest absolute Gasteiger partial charge is 0.303 e. The zero-order valence-electron chi connectivity index (χ0n) is 13.3. The highest BCUT2D eigenvalue weighted by atomic mass is 16.1. The van der Waals surface area contributed by atoms with Crippen LogP contribution >= 0.6 is 0 Å². The van der Waals surface area contributed by atoms with Crippen molar-refractivity contribution >= 4 is 0 Å². The van der Waals surface area contributed by atoms with Crippen LogP contribution in [0.2, 0.25) is 0 Å². The molecule has 0 atom stereocenters. The zero-order chi connectivity index (χ0) is 14.8. The van der Waals surface area contributed by atoms with Crippen LogP contribution in [-0.4, -0.2) is 34.1 Å². The SMILES string of the molecule is CC(C)CN1CCC(Cn2cnc(C3CC3)cc2=O)CC1. The summed E-state index contributed by atoms with van der Waals surface area (Å²) in [4.78, 5) is 19.2. The molecule has 0 amide bonds. The minimum Gasteiger partial charge on any atom is -0.303 e. The first-order valence-electron chi connectivity index (χ1n) is 8.40. The molecule has 1 aromatic rings. The van der Waals surface area contributed by atoms with Crippen LogP contribution in [0.1, 0.15) is 51.1 Å². The molecule has 0 unspecified atom stereocenters. The van der Waals surface area contributed by atoms with Crippen LogP contribution in [0.5, 0.6) is 0 Å². The smallest absolute Gasteiger partial charge is 0.253 e. The standard InChI is InChI=1S/C17H27N3O/c1-13(2)10-19-7-5-14(6-8-19)11-20-12-18-16(9-17(20)21)15-3-4-15/h9,12-15H,3-8,10-11H2,1-2H3. The van der Waals surface area contributed by atoms with Gasteiger partial charge in [-0.15, -0.1) is 0 Å². The van der Waals surface area contributed by atoms with Crippen LogP contribution in [0.25, 0.3) is 0 Å². The van der Waals surface area contributed by atoms with E-state index in [2.05, 4.69) is 23.7 Å². The fourth-order valence-electron chi connectivity index (χ4n) is 3.33. The molecule has 4 nitrogen and oxygen atoms in total. The molecule has 4 heteroatoms. The molecular formula is C17H27N3O. The van der Waals surface area contributed by atoms with E-state index < -0.39 is 0 Å². The van der Waals surface area contributed by atoms with E-state index in [9.17, 15) is 4.79 Å². The van der Waals surface area contributed by atoms with E-state index in [-0.39, 0.29) is 5.56 Å². The second-order valence-corrected chi connectivity index (χ2v) is 7.22. The van der Waals surface area contributed by atoms with Crippen molar-refractivity contribution in [1.29, 1.82) is 0 Å². The molecule has 0 N–H and O–H groups in total.